The first-order valence-electron chi connectivity index (χ1n) is 8.51. The summed E-state index contributed by atoms with van der Waals surface area (Å²) < 4.78 is 32.6. The van der Waals surface area contributed by atoms with E-state index in [0.29, 0.717) is 31.1 Å². The van der Waals surface area contributed by atoms with Gasteiger partial charge in [-0.25, -0.2) is 8.42 Å². The summed E-state index contributed by atoms with van der Waals surface area (Å²) in [4.78, 5) is 14.2. The van der Waals surface area contributed by atoms with Crippen molar-refractivity contribution in [1.82, 2.24) is 9.21 Å². The number of esters is 1. The van der Waals surface area contributed by atoms with Gasteiger partial charge < -0.3 is 4.74 Å². The number of carbonyl (C=O) groups excluding carboxylic acids is 1. The Morgan fingerprint density at radius 2 is 1.72 bits per heavy atom. The molecule has 0 saturated carbocycles. The first-order valence-corrected chi connectivity index (χ1v) is 9.95. The zero-order valence-corrected chi connectivity index (χ0v) is 16.5. The molecule has 0 aromatic heterocycles. The molecule has 0 radical (unpaired) electrons. The molecule has 0 atom stereocenters. The summed E-state index contributed by atoms with van der Waals surface area (Å²) in [6.07, 6.45) is 0. The van der Waals surface area contributed by atoms with Crippen LogP contribution in [0.5, 0.6) is 0 Å². The van der Waals surface area contributed by atoms with Crippen LogP contribution in [0.25, 0.3) is 0 Å². The lowest BCUT2D eigenvalue weighted by atomic mass is 10.2. The van der Waals surface area contributed by atoms with Crippen LogP contribution < -0.4 is 0 Å². The SMILES string of the molecule is Cc1ccc(C)c(S(=O)(=O)N2CCN(CC(=O)OC(C)(C)C)CC2)c1. The van der Waals surface area contributed by atoms with E-state index in [1.807, 2.05) is 51.7 Å². The molecule has 140 valence electrons. The van der Waals surface area contributed by atoms with E-state index in [4.69, 9.17) is 4.74 Å². The summed E-state index contributed by atoms with van der Waals surface area (Å²) in [6.45, 7) is 11.2. The van der Waals surface area contributed by atoms with Crippen LogP contribution in [-0.4, -0.2) is 61.9 Å². The number of aryl methyl sites for hydroxylation is 2. The van der Waals surface area contributed by atoms with Crippen LogP contribution in [0.1, 0.15) is 31.9 Å². The van der Waals surface area contributed by atoms with Crippen molar-refractivity contribution < 1.29 is 17.9 Å². The summed E-state index contributed by atoms with van der Waals surface area (Å²) in [5.41, 5.74) is 1.17. The largest absolute Gasteiger partial charge is 0.459 e. The Hall–Kier alpha value is -1.44. The second-order valence-corrected chi connectivity index (χ2v) is 9.44. The molecule has 0 aliphatic carbocycles. The zero-order valence-electron chi connectivity index (χ0n) is 15.7. The van der Waals surface area contributed by atoms with Gasteiger partial charge in [-0.05, 0) is 51.8 Å². The number of nitrogens with zero attached hydrogens (tertiary/aromatic N) is 2. The normalized spacial score (nSPS) is 17.5. The number of benzene rings is 1. The third-order valence-electron chi connectivity index (χ3n) is 4.07. The van der Waals surface area contributed by atoms with Gasteiger partial charge in [0.15, 0.2) is 0 Å². The van der Waals surface area contributed by atoms with Gasteiger partial charge in [-0.1, -0.05) is 12.1 Å². The van der Waals surface area contributed by atoms with Crippen molar-refractivity contribution in [3.63, 3.8) is 0 Å². The minimum atomic E-state index is -3.51. The summed E-state index contributed by atoms with van der Waals surface area (Å²) in [5, 5.41) is 0. The Bertz CT molecular complexity index is 730. The van der Waals surface area contributed by atoms with Crippen molar-refractivity contribution in [2.45, 2.75) is 45.1 Å². The molecular weight excluding hydrogens is 340 g/mol. The van der Waals surface area contributed by atoms with Gasteiger partial charge in [-0.3, -0.25) is 9.69 Å². The van der Waals surface area contributed by atoms with E-state index < -0.39 is 15.6 Å². The zero-order chi connectivity index (χ0) is 18.8. The number of ether oxygens (including phenoxy) is 1. The highest BCUT2D eigenvalue weighted by Gasteiger charge is 2.30. The summed E-state index contributed by atoms with van der Waals surface area (Å²) in [7, 11) is -3.51. The van der Waals surface area contributed by atoms with Crippen molar-refractivity contribution in [2.75, 3.05) is 32.7 Å². The molecule has 0 spiro atoms. The van der Waals surface area contributed by atoms with Gasteiger partial charge >= 0.3 is 5.97 Å². The lowest BCUT2D eigenvalue weighted by molar-refractivity contribution is -0.156. The third-order valence-corrected chi connectivity index (χ3v) is 6.11. The quantitative estimate of drug-likeness (QED) is 0.760. The van der Waals surface area contributed by atoms with E-state index >= 15 is 0 Å². The molecule has 0 bridgehead atoms. The maximum atomic E-state index is 12.9. The third kappa shape index (κ3) is 5.26. The van der Waals surface area contributed by atoms with Crippen molar-refractivity contribution in [2.24, 2.45) is 0 Å². The highest BCUT2D eigenvalue weighted by atomic mass is 32.2. The number of sulfonamides is 1. The second kappa shape index (κ2) is 7.43. The van der Waals surface area contributed by atoms with Crippen molar-refractivity contribution in [3.05, 3.63) is 29.3 Å². The first kappa shape index (κ1) is 19.9. The fourth-order valence-corrected chi connectivity index (χ4v) is 4.54. The molecule has 25 heavy (non-hydrogen) atoms. The minimum Gasteiger partial charge on any atom is -0.459 e. The molecule has 2 rings (SSSR count). The monoisotopic (exact) mass is 368 g/mol. The molecule has 1 aliphatic heterocycles. The Morgan fingerprint density at radius 3 is 2.28 bits per heavy atom. The summed E-state index contributed by atoms with van der Waals surface area (Å²) in [6, 6.07) is 5.46. The maximum absolute atomic E-state index is 12.9. The smallest absolute Gasteiger partial charge is 0.320 e. The number of carbonyl (C=O) groups is 1. The van der Waals surface area contributed by atoms with Crippen LogP contribution in [0.3, 0.4) is 0 Å². The molecule has 7 heteroatoms. The second-order valence-electron chi connectivity index (χ2n) is 7.54. The van der Waals surface area contributed by atoms with Crippen LogP contribution >= 0.6 is 0 Å². The summed E-state index contributed by atoms with van der Waals surface area (Å²) >= 11 is 0. The molecule has 1 saturated heterocycles. The number of piperazine rings is 1. The van der Waals surface area contributed by atoms with Crippen molar-refractivity contribution in [1.29, 1.82) is 0 Å². The summed E-state index contributed by atoms with van der Waals surface area (Å²) in [5.74, 6) is -0.279. The first-order chi connectivity index (χ1) is 11.5. The van der Waals surface area contributed by atoms with E-state index in [1.165, 1.54) is 4.31 Å². The van der Waals surface area contributed by atoms with Crippen LogP contribution in [0, 0.1) is 13.8 Å². The number of rotatable bonds is 4. The van der Waals surface area contributed by atoms with Gasteiger partial charge in [0.1, 0.15) is 5.60 Å². The Kier molecular flexibility index (Phi) is 5.91. The Morgan fingerprint density at radius 1 is 1.12 bits per heavy atom. The molecule has 1 heterocycles. The van der Waals surface area contributed by atoms with Gasteiger partial charge in [-0.15, -0.1) is 0 Å². The van der Waals surface area contributed by atoms with Crippen molar-refractivity contribution in [3.8, 4) is 0 Å². The van der Waals surface area contributed by atoms with Crippen LogP contribution in [0.2, 0.25) is 0 Å². The predicted molar refractivity (Wildman–Crippen MR) is 97.0 cm³/mol. The molecule has 1 fully saturated rings. The van der Waals surface area contributed by atoms with Gasteiger partial charge in [0.2, 0.25) is 10.0 Å². The number of hydrogen-bond acceptors (Lipinski definition) is 5. The molecular formula is C18H28N2O4S. The van der Waals surface area contributed by atoms with Gasteiger partial charge in [0.25, 0.3) is 0 Å². The van der Waals surface area contributed by atoms with Crippen LogP contribution in [0.15, 0.2) is 23.1 Å². The van der Waals surface area contributed by atoms with Gasteiger partial charge in [-0.2, -0.15) is 4.31 Å². The average molecular weight is 368 g/mol. The average Bonchev–Trinajstić information content (AvgIpc) is 2.48. The van der Waals surface area contributed by atoms with E-state index in [0.717, 1.165) is 11.1 Å². The molecule has 0 unspecified atom stereocenters. The van der Waals surface area contributed by atoms with Crippen LogP contribution in [0.4, 0.5) is 0 Å². The number of hydrogen-bond donors (Lipinski definition) is 0. The van der Waals surface area contributed by atoms with E-state index in [-0.39, 0.29) is 12.5 Å². The molecule has 1 aromatic rings. The van der Waals surface area contributed by atoms with Gasteiger partial charge in [0, 0.05) is 26.2 Å². The highest BCUT2D eigenvalue weighted by Crippen LogP contribution is 2.22. The Labute approximate surface area is 150 Å². The van der Waals surface area contributed by atoms with E-state index in [2.05, 4.69) is 0 Å². The lowest BCUT2D eigenvalue weighted by Crippen LogP contribution is -2.50. The molecule has 6 nitrogen and oxygen atoms in total. The van der Waals surface area contributed by atoms with Crippen molar-refractivity contribution >= 4 is 16.0 Å². The lowest BCUT2D eigenvalue weighted by Gasteiger charge is -2.34. The fourth-order valence-electron chi connectivity index (χ4n) is 2.81. The molecule has 1 aliphatic rings. The van der Waals surface area contributed by atoms with E-state index in [9.17, 15) is 13.2 Å². The van der Waals surface area contributed by atoms with Gasteiger partial charge in [0.05, 0.1) is 11.4 Å². The van der Waals surface area contributed by atoms with E-state index in [1.54, 1.807) is 6.07 Å². The molecule has 0 N–H and O–H groups in total. The highest BCUT2D eigenvalue weighted by molar-refractivity contribution is 7.89. The minimum absolute atomic E-state index is 0.189. The standard InChI is InChI=1S/C18H28N2O4S/c1-14-6-7-15(2)16(12-14)25(22,23)20-10-8-19(9-11-20)13-17(21)24-18(3,4)5/h6-7,12H,8-11,13H2,1-5H3. The predicted octanol–water partition coefficient (Wildman–Crippen LogP) is 1.95. The fraction of sp³-hybridized carbons (Fsp3) is 0.611. The topological polar surface area (TPSA) is 66.9 Å². The molecule has 0 amide bonds. The maximum Gasteiger partial charge on any atom is 0.320 e. The van der Waals surface area contributed by atoms with Crippen LogP contribution in [-0.2, 0) is 19.6 Å². The Balaban J connectivity index is 1.99. The molecule has 1 aromatic carbocycles.